The molecule has 25 heavy (non-hydrogen) atoms. The number of nitrogen functional groups attached to an aromatic ring is 1. The van der Waals surface area contributed by atoms with E-state index in [-0.39, 0.29) is 5.97 Å². The largest absolute Gasteiger partial charge is 0.462 e. The fourth-order valence-corrected chi connectivity index (χ4v) is 4.62. The van der Waals surface area contributed by atoms with Crippen molar-refractivity contribution in [1.29, 1.82) is 0 Å². The minimum Gasteiger partial charge on any atom is -0.462 e. The molecular weight excluding hydrogens is 336 g/mol. The van der Waals surface area contributed by atoms with Gasteiger partial charge in [-0.2, -0.15) is 4.98 Å². The van der Waals surface area contributed by atoms with Crippen LogP contribution < -0.4 is 10.7 Å². The highest BCUT2D eigenvalue weighted by Crippen LogP contribution is 2.42. The lowest BCUT2D eigenvalue weighted by Gasteiger charge is -2.14. The lowest BCUT2D eigenvalue weighted by Crippen LogP contribution is -2.19. The van der Waals surface area contributed by atoms with E-state index in [1.165, 1.54) is 22.6 Å². The van der Waals surface area contributed by atoms with Crippen LogP contribution in [0.15, 0.2) is 16.5 Å². The van der Waals surface area contributed by atoms with Crippen molar-refractivity contribution >= 4 is 33.2 Å². The molecule has 0 radical (unpaired) electrons. The summed E-state index contributed by atoms with van der Waals surface area (Å²) in [4.78, 5) is 17.2. The molecule has 0 unspecified atom stereocenters. The van der Waals surface area contributed by atoms with Crippen molar-refractivity contribution in [3.05, 3.63) is 34.0 Å². The number of hydrogen-bond acceptors (Lipinski definition) is 5. The quantitative estimate of drug-likeness (QED) is 0.721. The molecule has 3 heterocycles. The van der Waals surface area contributed by atoms with E-state index < -0.39 is 0 Å². The number of aryl methyl sites for hydroxylation is 2. The van der Waals surface area contributed by atoms with E-state index >= 15 is 0 Å². The molecule has 1 aliphatic carbocycles. The average molecular weight is 357 g/mol. The highest BCUT2D eigenvalue weighted by molar-refractivity contribution is 7.20. The SMILES string of the molecule is CCOC(=O)c1sc2[nH+]c3c(c(-c4ccc(C)o4)c2c1N)CCCC3. The number of furan rings is 1. The van der Waals surface area contributed by atoms with Crippen molar-refractivity contribution in [2.45, 2.75) is 39.5 Å². The van der Waals surface area contributed by atoms with Crippen molar-refractivity contribution in [3.63, 3.8) is 0 Å². The Balaban J connectivity index is 2.03. The molecule has 4 rings (SSSR count). The second-order valence-electron chi connectivity index (χ2n) is 6.34. The second-order valence-corrected chi connectivity index (χ2v) is 7.36. The van der Waals surface area contributed by atoms with Gasteiger partial charge in [0.2, 0.25) is 0 Å². The van der Waals surface area contributed by atoms with Crippen LogP contribution in [0, 0.1) is 6.92 Å². The van der Waals surface area contributed by atoms with Gasteiger partial charge in [-0.05, 0) is 45.2 Å². The summed E-state index contributed by atoms with van der Waals surface area (Å²) in [6, 6.07) is 3.95. The average Bonchev–Trinajstić information content (AvgIpc) is 3.17. The van der Waals surface area contributed by atoms with Gasteiger partial charge in [0, 0.05) is 17.5 Å². The van der Waals surface area contributed by atoms with Crippen molar-refractivity contribution in [3.8, 4) is 11.3 Å². The van der Waals surface area contributed by atoms with Gasteiger partial charge in [0.1, 0.15) is 16.4 Å². The smallest absolute Gasteiger partial charge is 0.350 e. The van der Waals surface area contributed by atoms with Gasteiger partial charge in [-0.25, -0.2) is 4.79 Å². The monoisotopic (exact) mass is 357 g/mol. The summed E-state index contributed by atoms with van der Waals surface area (Å²) in [7, 11) is 0. The fraction of sp³-hybridized carbons (Fsp3) is 0.368. The minimum atomic E-state index is -0.367. The molecule has 0 atom stereocenters. The van der Waals surface area contributed by atoms with E-state index in [4.69, 9.17) is 14.9 Å². The van der Waals surface area contributed by atoms with Crippen LogP contribution in [0.3, 0.4) is 0 Å². The zero-order chi connectivity index (χ0) is 17.6. The molecule has 0 fully saturated rings. The molecule has 1 aliphatic rings. The van der Waals surface area contributed by atoms with Gasteiger partial charge in [-0.15, -0.1) is 0 Å². The first-order valence-electron chi connectivity index (χ1n) is 8.63. The first-order chi connectivity index (χ1) is 12.1. The molecule has 3 N–H and O–H groups in total. The molecule has 6 heteroatoms. The summed E-state index contributed by atoms with van der Waals surface area (Å²) in [5.41, 5.74) is 10.4. The van der Waals surface area contributed by atoms with Crippen molar-refractivity contribution < 1.29 is 18.9 Å². The number of H-pyrrole nitrogens is 1. The van der Waals surface area contributed by atoms with E-state index in [2.05, 4.69) is 4.98 Å². The number of carbonyl (C=O) groups excluding carboxylic acids is 1. The van der Waals surface area contributed by atoms with E-state index in [1.54, 1.807) is 6.92 Å². The zero-order valence-electron chi connectivity index (χ0n) is 14.4. The third-order valence-corrected chi connectivity index (χ3v) is 5.78. The Morgan fingerprint density at radius 2 is 2.16 bits per heavy atom. The molecule has 5 nitrogen and oxygen atoms in total. The Morgan fingerprint density at radius 1 is 1.36 bits per heavy atom. The molecule has 0 saturated carbocycles. The predicted octanol–water partition coefficient (Wildman–Crippen LogP) is 3.92. The standard InChI is InChI=1S/C19H20N2O3S/c1-3-23-19(22)17-16(20)15-14(13-9-8-10(2)24-13)11-6-4-5-7-12(11)21-18(15)25-17/h8-9H,3-7,20H2,1-2H3/p+1. The van der Waals surface area contributed by atoms with E-state index in [0.717, 1.165) is 53.0 Å². The second kappa shape index (κ2) is 6.19. The van der Waals surface area contributed by atoms with E-state index in [0.29, 0.717) is 17.2 Å². The van der Waals surface area contributed by atoms with Gasteiger partial charge < -0.3 is 14.9 Å². The number of pyridine rings is 1. The number of thiophene rings is 1. The number of aromatic amines is 1. The van der Waals surface area contributed by atoms with E-state index in [1.807, 2.05) is 19.1 Å². The Bertz CT molecular complexity index is 971. The van der Waals surface area contributed by atoms with Gasteiger partial charge in [0.25, 0.3) is 4.83 Å². The Hall–Kier alpha value is -2.34. The Morgan fingerprint density at radius 3 is 2.88 bits per heavy atom. The summed E-state index contributed by atoms with van der Waals surface area (Å²) in [5, 5.41) is 0.878. The highest BCUT2D eigenvalue weighted by Gasteiger charge is 2.31. The lowest BCUT2D eigenvalue weighted by atomic mass is 9.89. The first kappa shape index (κ1) is 16.1. The lowest BCUT2D eigenvalue weighted by molar-refractivity contribution is -0.356. The third kappa shape index (κ3) is 2.61. The molecule has 130 valence electrons. The maximum absolute atomic E-state index is 12.3. The maximum atomic E-state index is 12.3. The Labute approximate surface area is 149 Å². The summed E-state index contributed by atoms with van der Waals surface area (Å²) in [6.07, 6.45) is 4.30. The number of nitrogens with one attached hydrogen (secondary N) is 1. The zero-order valence-corrected chi connectivity index (χ0v) is 15.2. The highest BCUT2D eigenvalue weighted by atomic mass is 32.1. The van der Waals surface area contributed by atoms with Crippen molar-refractivity contribution in [1.82, 2.24) is 0 Å². The number of nitrogens with two attached hydrogens (primary N) is 1. The number of rotatable bonds is 3. The summed E-state index contributed by atoms with van der Waals surface area (Å²) in [6.45, 7) is 4.06. The summed E-state index contributed by atoms with van der Waals surface area (Å²) >= 11 is 1.36. The van der Waals surface area contributed by atoms with Crippen LogP contribution >= 0.6 is 11.3 Å². The van der Waals surface area contributed by atoms with E-state index in [9.17, 15) is 4.79 Å². The summed E-state index contributed by atoms with van der Waals surface area (Å²) in [5.74, 6) is 1.31. The van der Waals surface area contributed by atoms with Gasteiger partial charge in [-0.3, -0.25) is 0 Å². The molecule has 0 amide bonds. The molecule has 0 spiro atoms. The normalized spacial score (nSPS) is 13.8. The number of carbonyl (C=O) groups is 1. The number of fused-ring (bicyclic) bond motifs is 2. The predicted molar refractivity (Wildman–Crippen MR) is 97.8 cm³/mol. The van der Waals surface area contributed by atoms with Crippen LogP contribution in [0.1, 0.15) is 46.5 Å². The first-order valence-corrected chi connectivity index (χ1v) is 9.44. The molecule has 0 aliphatic heterocycles. The van der Waals surface area contributed by atoms with Gasteiger partial charge >= 0.3 is 5.97 Å². The Kier molecular flexibility index (Phi) is 4.00. The number of ether oxygens (including phenoxy) is 1. The van der Waals surface area contributed by atoms with Crippen LogP contribution in [-0.2, 0) is 17.6 Å². The number of aromatic nitrogens is 1. The summed E-state index contributed by atoms with van der Waals surface area (Å²) < 4.78 is 11.1. The molecule has 3 aromatic rings. The van der Waals surface area contributed by atoms with Crippen LogP contribution in [0.4, 0.5) is 5.69 Å². The van der Waals surface area contributed by atoms with Gasteiger partial charge in [-0.1, -0.05) is 11.3 Å². The number of esters is 1. The number of anilines is 1. The number of hydrogen-bond donors (Lipinski definition) is 1. The van der Waals surface area contributed by atoms with Crippen molar-refractivity contribution in [2.24, 2.45) is 0 Å². The topological polar surface area (TPSA) is 79.6 Å². The fourth-order valence-electron chi connectivity index (χ4n) is 3.58. The van der Waals surface area contributed by atoms with Crippen molar-refractivity contribution in [2.75, 3.05) is 12.3 Å². The molecule has 0 bridgehead atoms. The molecule has 0 saturated heterocycles. The van der Waals surface area contributed by atoms with Crippen LogP contribution in [0.5, 0.6) is 0 Å². The molecule has 3 aromatic heterocycles. The molecular formula is C19H21N2O3S+. The van der Waals surface area contributed by atoms with Crippen LogP contribution in [0.2, 0.25) is 0 Å². The maximum Gasteiger partial charge on any atom is 0.350 e. The molecule has 0 aromatic carbocycles. The van der Waals surface area contributed by atoms with Gasteiger partial charge in [0.05, 0.1) is 17.7 Å². The van der Waals surface area contributed by atoms with Crippen LogP contribution in [-0.4, -0.2) is 12.6 Å². The van der Waals surface area contributed by atoms with Gasteiger partial charge in [0.15, 0.2) is 5.69 Å². The van der Waals surface area contributed by atoms with Crippen LogP contribution in [0.25, 0.3) is 21.5 Å². The minimum absolute atomic E-state index is 0.330. The third-order valence-electron chi connectivity index (χ3n) is 4.68.